The van der Waals surface area contributed by atoms with Crippen molar-refractivity contribution in [1.82, 2.24) is 0 Å². The van der Waals surface area contributed by atoms with Crippen molar-refractivity contribution in [2.45, 2.75) is 51.0 Å². The highest BCUT2D eigenvalue weighted by Gasteiger charge is 2.51. The molecular weight excluding hydrogens is 445 g/mol. The van der Waals surface area contributed by atoms with E-state index in [1.54, 1.807) is 0 Å². The Morgan fingerprint density at radius 2 is 1.69 bits per heavy atom. The number of morpholine rings is 1. The van der Waals surface area contributed by atoms with E-state index in [4.69, 9.17) is 9.47 Å². The summed E-state index contributed by atoms with van der Waals surface area (Å²) in [7, 11) is 2.14. The number of esters is 1. The van der Waals surface area contributed by atoms with Gasteiger partial charge in [-0.3, -0.25) is 4.79 Å². The Hall–Kier alpha value is 0.0800. The zero-order chi connectivity index (χ0) is 17.5. The molecule has 0 aromatic carbocycles. The second kappa shape index (κ2) is 8.21. The number of likely N-dealkylation sites (N-methyl/N-ethyl adjacent to an activating group) is 1. The minimum absolute atomic E-state index is 0. The lowest BCUT2D eigenvalue weighted by atomic mass is 9.49. The molecule has 1 N–H and O–H groups in total. The maximum absolute atomic E-state index is 12.4. The molecule has 5 fully saturated rings. The summed E-state index contributed by atoms with van der Waals surface area (Å²) in [5.41, 5.74) is 0.222. The van der Waals surface area contributed by atoms with Gasteiger partial charge in [0.05, 0.1) is 26.7 Å². The van der Waals surface area contributed by atoms with Crippen LogP contribution in [-0.4, -0.2) is 68.2 Å². The van der Waals surface area contributed by atoms with Crippen molar-refractivity contribution in [2.75, 3.05) is 46.5 Å². The Labute approximate surface area is 174 Å². The summed E-state index contributed by atoms with van der Waals surface area (Å²) in [5.74, 6) is 2.48. The molecule has 0 amide bonds. The number of hydrogen-bond acceptors (Lipinski definition) is 4. The largest absolute Gasteiger partial charge is 1.00 e. The highest BCUT2D eigenvalue weighted by Crippen LogP contribution is 2.61. The SMILES string of the molecule is C[N+]1(CC(O)COC(=O)CC23CC4CC(CC(C4)C2)C3)CCOCC1.[I-]. The van der Waals surface area contributed by atoms with Gasteiger partial charge in [-0.05, 0) is 61.7 Å². The van der Waals surface area contributed by atoms with Gasteiger partial charge in [-0.25, -0.2) is 0 Å². The molecular formula is C20H34INO4. The van der Waals surface area contributed by atoms with E-state index in [2.05, 4.69) is 7.05 Å². The third kappa shape index (κ3) is 4.73. The van der Waals surface area contributed by atoms with Crippen molar-refractivity contribution in [3.8, 4) is 0 Å². The zero-order valence-corrected chi connectivity index (χ0v) is 18.2. The van der Waals surface area contributed by atoms with Crippen LogP contribution in [0.5, 0.6) is 0 Å². The molecule has 5 nitrogen and oxygen atoms in total. The van der Waals surface area contributed by atoms with Gasteiger partial charge in [0.15, 0.2) is 0 Å². The first-order valence-electron chi connectivity index (χ1n) is 10.2. The molecule has 4 aliphatic carbocycles. The van der Waals surface area contributed by atoms with E-state index in [-0.39, 0.29) is 42.0 Å². The van der Waals surface area contributed by atoms with Crippen molar-refractivity contribution in [3.63, 3.8) is 0 Å². The lowest BCUT2D eigenvalue weighted by Gasteiger charge is -2.56. The zero-order valence-electron chi connectivity index (χ0n) is 16.0. The lowest BCUT2D eigenvalue weighted by molar-refractivity contribution is -0.919. The van der Waals surface area contributed by atoms with E-state index in [1.165, 1.54) is 38.5 Å². The molecule has 1 unspecified atom stereocenters. The fourth-order valence-electron chi connectivity index (χ4n) is 6.58. The number of ether oxygens (including phenoxy) is 2. The van der Waals surface area contributed by atoms with Crippen molar-refractivity contribution < 1.29 is 47.8 Å². The number of hydrogen-bond donors (Lipinski definition) is 1. The first-order valence-corrected chi connectivity index (χ1v) is 10.2. The predicted molar refractivity (Wildman–Crippen MR) is 93.8 cm³/mol. The number of aliphatic hydroxyl groups is 1. The first kappa shape index (κ1) is 20.8. The molecule has 1 heterocycles. The van der Waals surface area contributed by atoms with Crippen LogP contribution in [-0.2, 0) is 14.3 Å². The molecule has 0 radical (unpaired) electrons. The quantitative estimate of drug-likeness (QED) is 0.301. The maximum atomic E-state index is 12.4. The molecule has 1 atom stereocenters. The van der Waals surface area contributed by atoms with Gasteiger partial charge < -0.3 is 43.0 Å². The fourth-order valence-corrected chi connectivity index (χ4v) is 6.58. The summed E-state index contributed by atoms with van der Waals surface area (Å²) in [5, 5.41) is 10.3. The summed E-state index contributed by atoms with van der Waals surface area (Å²) in [6, 6.07) is 0. The number of quaternary nitrogens is 1. The minimum atomic E-state index is -0.580. The number of nitrogens with zero attached hydrogens (tertiary/aromatic N) is 1. The highest BCUT2D eigenvalue weighted by atomic mass is 127. The van der Waals surface area contributed by atoms with E-state index in [0.29, 0.717) is 13.0 Å². The van der Waals surface area contributed by atoms with E-state index in [1.807, 2.05) is 0 Å². The van der Waals surface area contributed by atoms with Gasteiger partial charge in [0.1, 0.15) is 32.3 Å². The summed E-state index contributed by atoms with van der Waals surface area (Å²) in [6.07, 6.45) is 7.86. The number of carbonyl (C=O) groups is 1. The predicted octanol–water partition coefficient (Wildman–Crippen LogP) is -1.02. The fraction of sp³-hybridized carbons (Fsp3) is 0.950. The standard InChI is InChI=1S/C20H34NO4.HI/c1-21(2-4-24-5-3-21)13-18(22)14-25-19(23)12-20-9-15-6-16(10-20)8-17(7-15)11-20;/h15-18,22H,2-14H2,1H3;1H/q+1;/p-1. The van der Waals surface area contributed by atoms with E-state index in [0.717, 1.165) is 48.5 Å². The van der Waals surface area contributed by atoms with Gasteiger partial charge in [-0.1, -0.05) is 0 Å². The Balaban J connectivity index is 0.00000196. The maximum Gasteiger partial charge on any atom is 0.306 e. The second-order valence-electron chi connectivity index (χ2n) is 9.79. The summed E-state index contributed by atoms with van der Waals surface area (Å²) in [6.45, 7) is 4.09. The normalized spacial score (nSPS) is 38.5. The highest BCUT2D eigenvalue weighted by molar-refractivity contribution is 5.70. The number of aliphatic hydroxyl groups excluding tert-OH is 1. The van der Waals surface area contributed by atoms with Crippen LogP contribution < -0.4 is 24.0 Å². The number of carbonyl (C=O) groups excluding carboxylic acids is 1. The van der Waals surface area contributed by atoms with Crippen molar-refractivity contribution in [2.24, 2.45) is 23.2 Å². The summed E-state index contributed by atoms with van der Waals surface area (Å²) >= 11 is 0. The Kier molecular flexibility index (Phi) is 6.57. The van der Waals surface area contributed by atoms with Crippen LogP contribution in [0.25, 0.3) is 0 Å². The molecule has 6 heteroatoms. The van der Waals surface area contributed by atoms with E-state index >= 15 is 0 Å². The van der Waals surface area contributed by atoms with Crippen LogP contribution in [0.4, 0.5) is 0 Å². The van der Waals surface area contributed by atoms with E-state index < -0.39 is 6.10 Å². The average molecular weight is 479 g/mol. The van der Waals surface area contributed by atoms with E-state index in [9.17, 15) is 9.90 Å². The molecule has 0 spiro atoms. The van der Waals surface area contributed by atoms with Crippen molar-refractivity contribution >= 4 is 5.97 Å². The molecule has 1 aliphatic heterocycles. The average Bonchev–Trinajstić information content (AvgIpc) is 2.51. The Morgan fingerprint density at radius 1 is 1.15 bits per heavy atom. The van der Waals surface area contributed by atoms with Crippen LogP contribution in [0.3, 0.4) is 0 Å². The molecule has 1 saturated heterocycles. The lowest BCUT2D eigenvalue weighted by Crippen LogP contribution is -3.00. The molecule has 0 aromatic rings. The van der Waals surface area contributed by atoms with Gasteiger partial charge >= 0.3 is 5.97 Å². The summed E-state index contributed by atoms with van der Waals surface area (Å²) in [4.78, 5) is 12.4. The summed E-state index contributed by atoms with van der Waals surface area (Å²) < 4.78 is 11.7. The van der Waals surface area contributed by atoms with Gasteiger partial charge in [0, 0.05) is 0 Å². The molecule has 150 valence electrons. The number of rotatable bonds is 6. The first-order chi connectivity index (χ1) is 11.9. The van der Waals surface area contributed by atoms with Crippen LogP contribution in [0.1, 0.15) is 44.9 Å². The molecule has 0 aromatic heterocycles. The number of halogens is 1. The van der Waals surface area contributed by atoms with Crippen LogP contribution in [0, 0.1) is 23.2 Å². The van der Waals surface area contributed by atoms with Gasteiger partial charge in [0.25, 0.3) is 0 Å². The van der Waals surface area contributed by atoms with Gasteiger partial charge in [0.2, 0.25) is 0 Å². The monoisotopic (exact) mass is 479 g/mol. The van der Waals surface area contributed by atoms with Crippen LogP contribution in [0.2, 0.25) is 0 Å². The van der Waals surface area contributed by atoms with Crippen molar-refractivity contribution in [1.29, 1.82) is 0 Å². The smallest absolute Gasteiger partial charge is 0.306 e. The third-order valence-corrected chi connectivity index (χ3v) is 7.32. The molecule has 4 saturated carbocycles. The Bertz CT molecular complexity index is 471. The molecule has 5 rings (SSSR count). The topological polar surface area (TPSA) is 55.8 Å². The Morgan fingerprint density at radius 3 is 2.23 bits per heavy atom. The second-order valence-corrected chi connectivity index (χ2v) is 9.79. The molecule has 26 heavy (non-hydrogen) atoms. The van der Waals surface area contributed by atoms with Crippen LogP contribution >= 0.6 is 0 Å². The molecule has 4 bridgehead atoms. The minimum Gasteiger partial charge on any atom is -1.00 e. The third-order valence-electron chi connectivity index (χ3n) is 7.32. The van der Waals surface area contributed by atoms with Crippen molar-refractivity contribution in [3.05, 3.63) is 0 Å². The van der Waals surface area contributed by atoms with Gasteiger partial charge in [-0.15, -0.1) is 0 Å². The van der Waals surface area contributed by atoms with Gasteiger partial charge in [-0.2, -0.15) is 0 Å². The molecule has 5 aliphatic rings. The van der Waals surface area contributed by atoms with Crippen LogP contribution in [0.15, 0.2) is 0 Å².